The summed E-state index contributed by atoms with van der Waals surface area (Å²) in [5.74, 6) is -2.21. The average Bonchev–Trinajstić information content (AvgIpc) is 3.13. The van der Waals surface area contributed by atoms with Crippen LogP contribution in [0.4, 0.5) is 0 Å². The fourth-order valence-corrected chi connectivity index (χ4v) is 6.14. The third kappa shape index (κ3) is 7.52. The minimum absolute atomic E-state index is 0.112. The monoisotopic (exact) mass is 756 g/mol. The van der Waals surface area contributed by atoms with Crippen LogP contribution in [-0.4, -0.2) is 167 Å². The first kappa shape index (κ1) is 39.0. The van der Waals surface area contributed by atoms with Crippen molar-refractivity contribution in [2.24, 2.45) is 0 Å². The fourth-order valence-electron chi connectivity index (χ4n) is 6.14. The van der Waals surface area contributed by atoms with Gasteiger partial charge in [-0.1, -0.05) is 0 Å². The Morgan fingerprint density at radius 3 is 1.87 bits per heavy atom. The van der Waals surface area contributed by atoms with Gasteiger partial charge in [0.05, 0.1) is 19.3 Å². The maximum Gasteiger partial charge on any atom is 0.239 e. The lowest BCUT2D eigenvalue weighted by atomic mass is 9.98. The minimum Gasteiger partial charge on any atom is -0.508 e. The molecule has 0 saturated carbocycles. The molecule has 3 aromatic rings. The van der Waals surface area contributed by atoms with Crippen molar-refractivity contribution in [2.75, 3.05) is 13.2 Å². The molecule has 3 fully saturated rings. The van der Waals surface area contributed by atoms with E-state index in [1.54, 1.807) is 0 Å². The molecular formula is C33H40O20. The average molecular weight is 757 g/mol. The van der Waals surface area contributed by atoms with Gasteiger partial charge in [0.1, 0.15) is 95.4 Å². The van der Waals surface area contributed by atoms with Gasteiger partial charge in [-0.15, -0.1) is 0 Å². The van der Waals surface area contributed by atoms with Crippen molar-refractivity contribution in [3.05, 3.63) is 46.6 Å². The summed E-state index contributed by atoms with van der Waals surface area (Å²) in [5.41, 5.74) is -1.26. The van der Waals surface area contributed by atoms with Crippen molar-refractivity contribution < 1.29 is 94.1 Å². The van der Waals surface area contributed by atoms with E-state index in [1.807, 2.05) is 0 Å². The molecule has 292 valence electrons. The SMILES string of the molecule is C[C@@H]1O[C@@H](OC[C@@H]2O[C@@H](Oc3c(-c4ccc(O)cc4)oc4cc(O[C@@H]5O[C@H](CO)[C@@H](O)[C@H](O)[C@H]5O)cc(O)c4c3=O)[C@H](O)[C@H](O)[C@H]2O)[C@H](O)[C@@H](O)[C@H]1O. The molecule has 3 saturated heterocycles. The number of rotatable bonds is 9. The van der Waals surface area contributed by atoms with Crippen LogP contribution in [0.25, 0.3) is 22.3 Å². The van der Waals surface area contributed by atoms with Crippen LogP contribution in [0.5, 0.6) is 23.0 Å². The molecule has 3 aliphatic heterocycles. The van der Waals surface area contributed by atoms with Gasteiger partial charge in [0.15, 0.2) is 12.1 Å². The molecule has 53 heavy (non-hydrogen) atoms. The van der Waals surface area contributed by atoms with Crippen molar-refractivity contribution in [3.8, 4) is 34.3 Å². The van der Waals surface area contributed by atoms with E-state index in [0.29, 0.717) is 0 Å². The molecule has 0 aliphatic carbocycles. The van der Waals surface area contributed by atoms with Gasteiger partial charge in [0.25, 0.3) is 0 Å². The van der Waals surface area contributed by atoms with Gasteiger partial charge in [-0.2, -0.15) is 0 Å². The Labute approximate surface area is 298 Å². The summed E-state index contributed by atoms with van der Waals surface area (Å²) in [6.45, 7) is 0.0485. The molecule has 20 heteroatoms. The molecule has 6 rings (SSSR count). The topological polar surface area (TPSA) is 328 Å². The summed E-state index contributed by atoms with van der Waals surface area (Å²) in [5, 5.41) is 123. The lowest BCUT2D eigenvalue weighted by Crippen LogP contribution is -2.61. The van der Waals surface area contributed by atoms with E-state index in [-0.39, 0.29) is 28.4 Å². The predicted octanol–water partition coefficient (Wildman–Crippen LogP) is -3.92. The summed E-state index contributed by atoms with van der Waals surface area (Å²) in [6, 6.07) is 7.20. The first-order valence-corrected chi connectivity index (χ1v) is 16.4. The highest BCUT2D eigenvalue weighted by molar-refractivity contribution is 5.88. The van der Waals surface area contributed by atoms with E-state index < -0.39 is 128 Å². The van der Waals surface area contributed by atoms with E-state index in [2.05, 4.69) is 0 Å². The maximum atomic E-state index is 14.0. The van der Waals surface area contributed by atoms with Crippen LogP contribution in [0.15, 0.2) is 45.6 Å². The van der Waals surface area contributed by atoms with Crippen LogP contribution in [-0.2, 0) is 18.9 Å². The van der Waals surface area contributed by atoms with E-state index in [0.717, 1.165) is 12.1 Å². The number of hydrogen-bond acceptors (Lipinski definition) is 20. The van der Waals surface area contributed by atoms with Gasteiger partial charge < -0.3 is 94.1 Å². The zero-order valence-corrected chi connectivity index (χ0v) is 27.7. The highest BCUT2D eigenvalue weighted by Gasteiger charge is 2.48. The third-order valence-corrected chi connectivity index (χ3v) is 9.27. The van der Waals surface area contributed by atoms with Crippen molar-refractivity contribution in [3.63, 3.8) is 0 Å². The van der Waals surface area contributed by atoms with E-state index >= 15 is 0 Å². The number of fused-ring (bicyclic) bond motifs is 1. The summed E-state index contributed by atoms with van der Waals surface area (Å²) in [6.07, 6.45) is -24.7. The standard InChI is InChI=1S/C33H40O20/c1-10-19(37)23(41)26(44)31(48-10)47-9-17-21(39)25(43)28(46)33(52-17)53-30-22(40)18-14(36)6-13(49-32-27(45)24(42)20(38)16(8-34)51-32)7-15(18)50-29(30)11-2-4-12(35)5-3-11/h2-7,10,16-17,19-21,23-28,31-39,41-46H,8-9H2,1H3/t10-,16+,17-,19-,20+,21-,23-,24-,25+,26+,27+,28+,31+,32+,33-/m0/s1. The van der Waals surface area contributed by atoms with Crippen LogP contribution in [0, 0.1) is 0 Å². The van der Waals surface area contributed by atoms with Gasteiger partial charge in [-0.3, -0.25) is 4.79 Å². The Kier molecular flexibility index (Phi) is 11.5. The van der Waals surface area contributed by atoms with Crippen molar-refractivity contribution in [1.82, 2.24) is 0 Å². The number of aliphatic hydroxyl groups is 10. The van der Waals surface area contributed by atoms with Crippen molar-refractivity contribution in [2.45, 2.75) is 99.0 Å². The Bertz CT molecular complexity index is 1780. The highest BCUT2D eigenvalue weighted by Crippen LogP contribution is 2.39. The Morgan fingerprint density at radius 1 is 0.660 bits per heavy atom. The summed E-state index contributed by atoms with van der Waals surface area (Å²) >= 11 is 0. The number of aliphatic hydroxyl groups excluding tert-OH is 10. The molecule has 20 nitrogen and oxygen atoms in total. The van der Waals surface area contributed by atoms with Crippen LogP contribution < -0.4 is 14.9 Å². The summed E-state index contributed by atoms with van der Waals surface area (Å²) < 4.78 is 39.3. The molecule has 1 aromatic heterocycles. The van der Waals surface area contributed by atoms with Crippen molar-refractivity contribution >= 4 is 11.0 Å². The van der Waals surface area contributed by atoms with Gasteiger partial charge in [0.2, 0.25) is 23.8 Å². The van der Waals surface area contributed by atoms with E-state index in [1.165, 1.54) is 31.2 Å². The first-order chi connectivity index (χ1) is 25.1. The maximum absolute atomic E-state index is 14.0. The van der Waals surface area contributed by atoms with Crippen LogP contribution in [0.2, 0.25) is 0 Å². The molecule has 4 heterocycles. The number of phenols is 2. The number of hydrogen-bond donors (Lipinski definition) is 12. The molecule has 3 aliphatic rings. The Morgan fingerprint density at radius 2 is 1.23 bits per heavy atom. The lowest BCUT2D eigenvalue weighted by Gasteiger charge is -2.42. The predicted molar refractivity (Wildman–Crippen MR) is 171 cm³/mol. The van der Waals surface area contributed by atoms with Gasteiger partial charge in [0, 0.05) is 17.7 Å². The molecule has 0 spiro atoms. The first-order valence-electron chi connectivity index (χ1n) is 16.4. The van der Waals surface area contributed by atoms with Crippen LogP contribution in [0.3, 0.4) is 0 Å². The van der Waals surface area contributed by atoms with Crippen LogP contribution in [0.1, 0.15) is 6.92 Å². The Hall–Kier alpha value is -3.71. The van der Waals surface area contributed by atoms with Gasteiger partial charge in [-0.05, 0) is 31.2 Å². The second-order valence-electron chi connectivity index (χ2n) is 12.9. The van der Waals surface area contributed by atoms with E-state index in [4.69, 9.17) is 32.8 Å². The molecule has 0 bridgehead atoms. The van der Waals surface area contributed by atoms with Crippen molar-refractivity contribution in [1.29, 1.82) is 0 Å². The highest BCUT2D eigenvalue weighted by atomic mass is 16.7. The second kappa shape index (κ2) is 15.6. The number of aromatic hydroxyl groups is 2. The molecule has 12 N–H and O–H groups in total. The fraction of sp³-hybridized carbons (Fsp3) is 0.545. The normalized spacial score (nSPS) is 37.8. The smallest absolute Gasteiger partial charge is 0.239 e. The van der Waals surface area contributed by atoms with Gasteiger partial charge >= 0.3 is 0 Å². The second-order valence-corrected chi connectivity index (χ2v) is 12.9. The summed E-state index contributed by atoms with van der Waals surface area (Å²) in [4.78, 5) is 14.0. The minimum atomic E-state index is -2.00. The lowest BCUT2D eigenvalue weighted by molar-refractivity contribution is -0.318. The quantitative estimate of drug-likeness (QED) is 0.0992. The zero-order valence-electron chi connectivity index (χ0n) is 27.7. The largest absolute Gasteiger partial charge is 0.508 e. The molecule has 0 unspecified atom stereocenters. The summed E-state index contributed by atoms with van der Waals surface area (Å²) in [7, 11) is 0. The number of phenolic OH excluding ortho intramolecular Hbond substituents is 2. The number of ether oxygens (including phenoxy) is 6. The van der Waals surface area contributed by atoms with Crippen LogP contribution >= 0.6 is 0 Å². The van der Waals surface area contributed by atoms with E-state index in [9.17, 15) is 66.1 Å². The third-order valence-electron chi connectivity index (χ3n) is 9.27. The zero-order chi connectivity index (χ0) is 38.5. The Balaban J connectivity index is 1.32. The van der Waals surface area contributed by atoms with Gasteiger partial charge in [-0.25, -0.2) is 0 Å². The molecule has 0 amide bonds. The molecule has 0 radical (unpaired) electrons. The molecule has 15 atom stereocenters. The molecular weight excluding hydrogens is 716 g/mol. The number of benzene rings is 2. The molecule has 2 aromatic carbocycles.